The fraction of sp³-hybridized carbons (Fsp3) is 0.273. The van der Waals surface area contributed by atoms with Gasteiger partial charge in [0, 0.05) is 24.7 Å². The van der Waals surface area contributed by atoms with Gasteiger partial charge in [-0.2, -0.15) is 0 Å². The molecule has 13 heavy (non-hydrogen) atoms. The molecule has 0 radical (unpaired) electrons. The zero-order chi connectivity index (χ0) is 9.42. The Balaban J connectivity index is 2.76. The van der Waals surface area contributed by atoms with Crippen LogP contribution in [0.2, 0.25) is 0 Å². The largest absolute Gasteiger partial charge is 0.497 e. The molecule has 1 heterocycles. The van der Waals surface area contributed by atoms with Crippen molar-refractivity contribution in [3.8, 4) is 5.75 Å². The SMILES string of the molecule is COc1ccc2c(C)cn(C)c2c1. The maximum atomic E-state index is 5.17. The third kappa shape index (κ3) is 1.18. The molecule has 2 heteroatoms. The molecule has 0 saturated heterocycles. The summed E-state index contributed by atoms with van der Waals surface area (Å²) in [4.78, 5) is 0. The summed E-state index contributed by atoms with van der Waals surface area (Å²) >= 11 is 0. The Morgan fingerprint density at radius 3 is 2.77 bits per heavy atom. The van der Waals surface area contributed by atoms with Crippen molar-refractivity contribution in [3.63, 3.8) is 0 Å². The smallest absolute Gasteiger partial charge is 0.120 e. The molecule has 0 aliphatic heterocycles. The maximum Gasteiger partial charge on any atom is 0.120 e. The van der Waals surface area contributed by atoms with Crippen molar-refractivity contribution in [3.05, 3.63) is 30.0 Å². The molecule has 0 saturated carbocycles. The summed E-state index contributed by atoms with van der Waals surface area (Å²) in [5.41, 5.74) is 2.53. The van der Waals surface area contributed by atoms with Crippen molar-refractivity contribution in [2.24, 2.45) is 7.05 Å². The fourth-order valence-corrected chi connectivity index (χ4v) is 1.69. The average molecular weight is 175 g/mol. The molecule has 0 atom stereocenters. The summed E-state index contributed by atoms with van der Waals surface area (Å²) in [6.45, 7) is 2.12. The Hall–Kier alpha value is -1.44. The second-order valence-corrected chi connectivity index (χ2v) is 3.31. The minimum absolute atomic E-state index is 0.911. The third-order valence-corrected chi connectivity index (χ3v) is 2.40. The summed E-state index contributed by atoms with van der Waals surface area (Å²) in [7, 11) is 3.74. The predicted molar refractivity (Wildman–Crippen MR) is 54.2 cm³/mol. The van der Waals surface area contributed by atoms with Gasteiger partial charge in [-0.3, -0.25) is 0 Å². The van der Waals surface area contributed by atoms with E-state index in [1.807, 2.05) is 6.07 Å². The molecule has 0 fully saturated rings. The highest BCUT2D eigenvalue weighted by atomic mass is 16.5. The van der Waals surface area contributed by atoms with Gasteiger partial charge in [0.15, 0.2) is 0 Å². The van der Waals surface area contributed by atoms with Gasteiger partial charge < -0.3 is 9.30 Å². The molecule has 0 N–H and O–H groups in total. The van der Waals surface area contributed by atoms with E-state index in [1.54, 1.807) is 7.11 Å². The first-order valence-electron chi connectivity index (χ1n) is 4.32. The monoisotopic (exact) mass is 175 g/mol. The van der Waals surface area contributed by atoms with Gasteiger partial charge in [-0.25, -0.2) is 0 Å². The van der Waals surface area contributed by atoms with Crippen LogP contribution in [0.1, 0.15) is 5.56 Å². The van der Waals surface area contributed by atoms with Crippen LogP contribution in [0.4, 0.5) is 0 Å². The number of rotatable bonds is 1. The molecule has 0 unspecified atom stereocenters. The van der Waals surface area contributed by atoms with Crippen LogP contribution >= 0.6 is 0 Å². The second-order valence-electron chi connectivity index (χ2n) is 3.31. The molecule has 2 rings (SSSR count). The quantitative estimate of drug-likeness (QED) is 0.649. The first kappa shape index (κ1) is 8.17. The van der Waals surface area contributed by atoms with Crippen molar-refractivity contribution < 1.29 is 4.74 Å². The third-order valence-electron chi connectivity index (χ3n) is 2.40. The van der Waals surface area contributed by atoms with Gasteiger partial charge in [-0.1, -0.05) is 0 Å². The Kier molecular flexibility index (Phi) is 1.76. The van der Waals surface area contributed by atoms with Gasteiger partial charge in [-0.15, -0.1) is 0 Å². The van der Waals surface area contributed by atoms with Crippen LogP contribution < -0.4 is 4.74 Å². The summed E-state index contributed by atoms with van der Waals surface area (Å²) in [5.74, 6) is 0.911. The van der Waals surface area contributed by atoms with Crippen LogP contribution in [0, 0.1) is 6.92 Å². The highest BCUT2D eigenvalue weighted by Gasteiger charge is 2.03. The van der Waals surface area contributed by atoms with Gasteiger partial charge >= 0.3 is 0 Å². The standard InChI is InChI=1S/C11H13NO/c1-8-7-12(2)11-6-9(13-3)4-5-10(8)11/h4-7H,1-3H3. The lowest BCUT2D eigenvalue weighted by Gasteiger charge is -2.00. The van der Waals surface area contributed by atoms with E-state index in [-0.39, 0.29) is 0 Å². The Morgan fingerprint density at radius 2 is 2.08 bits per heavy atom. The lowest BCUT2D eigenvalue weighted by Crippen LogP contribution is -1.86. The number of aromatic nitrogens is 1. The highest BCUT2D eigenvalue weighted by molar-refractivity contribution is 5.84. The van der Waals surface area contributed by atoms with Crippen LogP contribution in [-0.4, -0.2) is 11.7 Å². The topological polar surface area (TPSA) is 14.2 Å². The van der Waals surface area contributed by atoms with Gasteiger partial charge in [0.1, 0.15) is 5.75 Å². The van der Waals surface area contributed by atoms with Gasteiger partial charge in [0.05, 0.1) is 12.6 Å². The number of fused-ring (bicyclic) bond motifs is 1. The van der Waals surface area contributed by atoms with E-state index in [4.69, 9.17) is 4.74 Å². The number of hydrogen-bond acceptors (Lipinski definition) is 1. The predicted octanol–water partition coefficient (Wildman–Crippen LogP) is 2.50. The first-order chi connectivity index (χ1) is 6.22. The van der Waals surface area contributed by atoms with E-state index < -0.39 is 0 Å². The van der Waals surface area contributed by atoms with Crippen LogP contribution in [0.3, 0.4) is 0 Å². The summed E-state index contributed by atoms with van der Waals surface area (Å²) in [6.07, 6.45) is 2.13. The van der Waals surface area contributed by atoms with Crippen molar-refractivity contribution in [2.45, 2.75) is 6.92 Å². The molecule has 2 nitrogen and oxygen atoms in total. The van der Waals surface area contributed by atoms with Crippen LogP contribution in [0.15, 0.2) is 24.4 Å². The van der Waals surface area contributed by atoms with Crippen molar-refractivity contribution >= 4 is 10.9 Å². The molecule has 0 amide bonds. The van der Waals surface area contributed by atoms with E-state index in [0.29, 0.717) is 0 Å². The molecule has 2 aromatic rings. The van der Waals surface area contributed by atoms with E-state index in [1.165, 1.54) is 16.5 Å². The number of aryl methyl sites for hydroxylation is 2. The van der Waals surface area contributed by atoms with Gasteiger partial charge in [0.25, 0.3) is 0 Å². The van der Waals surface area contributed by atoms with Crippen LogP contribution in [0.5, 0.6) is 5.75 Å². The summed E-state index contributed by atoms with van der Waals surface area (Å²) in [6, 6.07) is 6.15. The van der Waals surface area contributed by atoms with Gasteiger partial charge in [-0.05, 0) is 24.6 Å². The second kappa shape index (κ2) is 2.80. The lowest BCUT2D eigenvalue weighted by molar-refractivity contribution is 0.415. The van der Waals surface area contributed by atoms with Crippen LogP contribution in [0.25, 0.3) is 10.9 Å². The number of nitrogens with zero attached hydrogens (tertiary/aromatic N) is 1. The van der Waals surface area contributed by atoms with Gasteiger partial charge in [0.2, 0.25) is 0 Å². The molecule has 68 valence electrons. The highest BCUT2D eigenvalue weighted by Crippen LogP contribution is 2.24. The number of benzene rings is 1. The zero-order valence-electron chi connectivity index (χ0n) is 8.16. The van der Waals surface area contributed by atoms with E-state index in [0.717, 1.165) is 5.75 Å². The fourth-order valence-electron chi connectivity index (χ4n) is 1.69. The average Bonchev–Trinajstić information content (AvgIpc) is 2.42. The molecule has 0 aliphatic carbocycles. The van der Waals surface area contributed by atoms with E-state index >= 15 is 0 Å². The maximum absolute atomic E-state index is 5.17. The Labute approximate surface area is 77.7 Å². The molecule has 1 aromatic heterocycles. The number of ether oxygens (including phenoxy) is 1. The molecule has 0 spiro atoms. The summed E-state index contributed by atoms with van der Waals surface area (Å²) < 4.78 is 7.29. The normalized spacial score (nSPS) is 10.7. The van der Waals surface area contributed by atoms with Crippen molar-refractivity contribution in [2.75, 3.05) is 7.11 Å². The summed E-state index contributed by atoms with van der Waals surface area (Å²) in [5, 5.41) is 1.29. The Bertz CT molecular complexity index is 443. The molecule has 0 bridgehead atoms. The Morgan fingerprint density at radius 1 is 1.31 bits per heavy atom. The lowest BCUT2D eigenvalue weighted by atomic mass is 10.2. The number of methoxy groups -OCH3 is 1. The minimum atomic E-state index is 0.911. The first-order valence-corrected chi connectivity index (χ1v) is 4.32. The van der Waals surface area contributed by atoms with Crippen molar-refractivity contribution in [1.29, 1.82) is 0 Å². The minimum Gasteiger partial charge on any atom is -0.497 e. The molecule has 1 aromatic carbocycles. The van der Waals surface area contributed by atoms with Crippen molar-refractivity contribution in [1.82, 2.24) is 4.57 Å². The van der Waals surface area contributed by atoms with E-state index in [2.05, 4.69) is 36.9 Å². The number of hydrogen-bond donors (Lipinski definition) is 0. The zero-order valence-corrected chi connectivity index (χ0v) is 8.16. The van der Waals surface area contributed by atoms with Crippen LogP contribution in [-0.2, 0) is 7.05 Å². The molecular formula is C11H13NO. The van der Waals surface area contributed by atoms with E-state index in [9.17, 15) is 0 Å². The molecule has 0 aliphatic rings. The molecular weight excluding hydrogens is 162 g/mol.